The van der Waals surface area contributed by atoms with Gasteiger partial charge in [-0.15, -0.1) is 0 Å². The molecule has 0 saturated carbocycles. The van der Waals surface area contributed by atoms with E-state index in [-0.39, 0.29) is 4.90 Å². The summed E-state index contributed by atoms with van der Waals surface area (Å²) in [5.41, 5.74) is 0. The van der Waals surface area contributed by atoms with E-state index in [0.717, 1.165) is 0 Å². The molecule has 7 nitrogen and oxygen atoms in total. The Balaban J connectivity index is 3.17. The number of carboxylic acid groups (broad SMARTS) is 1. The van der Waals surface area contributed by atoms with E-state index in [9.17, 15) is 13.2 Å². The third-order valence-corrected chi connectivity index (χ3v) is 4.48. The van der Waals surface area contributed by atoms with Crippen molar-refractivity contribution in [3.05, 3.63) is 18.2 Å². The van der Waals surface area contributed by atoms with Crippen LogP contribution in [0.3, 0.4) is 0 Å². The summed E-state index contributed by atoms with van der Waals surface area (Å²) < 4.78 is 37.8. The monoisotopic (exact) mass is 345 g/mol. The van der Waals surface area contributed by atoms with Gasteiger partial charge in [0.2, 0.25) is 10.0 Å². The van der Waals surface area contributed by atoms with Crippen molar-refractivity contribution in [2.24, 2.45) is 5.92 Å². The molecule has 0 amide bonds. The SMILES string of the molecule is CCOc1ccc(S(=O)(=O)NC(C(=O)O)C(C)C)cc1OCC. The number of carbonyl (C=O) groups is 1. The molecule has 0 saturated heterocycles. The first-order valence-electron chi connectivity index (χ1n) is 7.37. The number of nitrogens with one attached hydrogen (secondary N) is 1. The molecule has 0 heterocycles. The summed E-state index contributed by atoms with van der Waals surface area (Å²) in [5, 5.41) is 9.14. The highest BCUT2D eigenvalue weighted by molar-refractivity contribution is 7.89. The smallest absolute Gasteiger partial charge is 0.322 e. The van der Waals surface area contributed by atoms with Crippen LogP contribution in [0.2, 0.25) is 0 Å². The van der Waals surface area contributed by atoms with Crippen LogP contribution in [0.15, 0.2) is 23.1 Å². The van der Waals surface area contributed by atoms with Crippen LogP contribution in [0.5, 0.6) is 11.5 Å². The van der Waals surface area contributed by atoms with Crippen LogP contribution in [-0.4, -0.2) is 38.7 Å². The van der Waals surface area contributed by atoms with Crippen LogP contribution in [0, 0.1) is 5.92 Å². The van der Waals surface area contributed by atoms with E-state index in [0.29, 0.717) is 24.7 Å². The molecule has 1 rings (SSSR count). The number of rotatable bonds is 9. The summed E-state index contributed by atoms with van der Waals surface area (Å²) in [4.78, 5) is 11.1. The number of aliphatic carboxylic acids is 1. The van der Waals surface area contributed by atoms with E-state index in [2.05, 4.69) is 4.72 Å². The molecule has 0 aromatic heterocycles. The van der Waals surface area contributed by atoms with Gasteiger partial charge in [0, 0.05) is 6.07 Å². The molecule has 0 bridgehead atoms. The van der Waals surface area contributed by atoms with Gasteiger partial charge in [-0.1, -0.05) is 13.8 Å². The Morgan fingerprint density at radius 2 is 1.74 bits per heavy atom. The summed E-state index contributed by atoms with van der Waals surface area (Å²) in [6.45, 7) is 7.60. The van der Waals surface area contributed by atoms with E-state index >= 15 is 0 Å². The minimum Gasteiger partial charge on any atom is -0.490 e. The summed E-state index contributed by atoms with van der Waals surface area (Å²) in [6, 6.07) is 2.97. The summed E-state index contributed by atoms with van der Waals surface area (Å²) in [6.07, 6.45) is 0. The number of carboxylic acids is 1. The number of ether oxygens (including phenoxy) is 2. The molecule has 8 heteroatoms. The highest BCUT2D eigenvalue weighted by Crippen LogP contribution is 2.30. The first kappa shape index (κ1) is 19.2. The van der Waals surface area contributed by atoms with Crippen molar-refractivity contribution in [1.29, 1.82) is 0 Å². The molecule has 2 N–H and O–H groups in total. The van der Waals surface area contributed by atoms with Crippen LogP contribution >= 0.6 is 0 Å². The molecule has 0 aliphatic heterocycles. The Morgan fingerprint density at radius 1 is 1.17 bits per heavy atom. The number of hydrogen-bond donors (Lipinski definition) is 2. The lowest BCUT2D eigenvalue weighted by Crippen LogP contribution is -2.44. The second-order valence-electron chi connectivity index (χ2n) is 5.16. The van der Waals surface area contributed by atoms with Crippen molar-refractivity contribution in [3.63, 3.8) is 0 Å². The normalized spacial score (nSPS) is 12.9. The van der Waals surface area contributed by atoms with Crippen LogP contribution < -0.4 is 14.2 Å². The topological polar surface area (TPSA) is 102 Å². The minimum absolute atomic E-state index is 0.0729. The van der Waals surface area contributed by atoms with Gasteiger partial charge in [-0.3, -0.25) is 4.79 Å². The van der Waals surface area contributed by atoms with Gasteiger partial charge >= 0.3 is 5.97 Å². The molecule has 0 spiro atoms. The molecule has 0 fully saturated rings. The Kier molecular flexibility index (Phi) is 6.83. The van der Waals surface area contributed by atoms with Gasteiger partial charge in [0.1, 0.15) is 6.04 Å². The van der Waals surface area contributed by atoms with Crippen LogP contribution in [0.25, 0.3) is 0 Å². The number of hydrogen-bond acceptors (Lipinski definition) is 5. The van der Waals surface area contributed by atoms with Gasteiger partial charge in [-0.2, -0.15) is 4.72 Å². The largest absolute Gasteiger partial charge is 0.490 e. The fourth-order valence-electron chi connectivity index (χ4n) is 1.91. The molecular weight excluding hydrogens is 322 g/mol. The van der Waals surface area contributed by atoms with Gasteiger partial charge in [-0.25, -0.2) is 8.42 Å². The molecule has 23 heavy (non-hydrogen) atoms. The predicted octanol–water partition coefficient (Wildman–Crippen LogP) is 1.87. The Morgan fingerprint density at radius 3 is 2.22 bits per heavy atom. The Hall–Kier alpha value is -1.80. The van der Waals surface area contributed by atoms with Gasteiger partial charge in [0.15, 0.2) is 11.5 Å². The average Bonchev–Trinajstić information content (AvgIpc) is 2.46. The number of benzene rings is 1. The third kappa shape index (κ3) is 5.11. The van der Waals surface area contributed by atoms with Gasteiger partial charge < -0.3 is 14.6 Å². The quantitative estimate of drug-likeness (QED) is 0.708. The maximum Gasteiger partial charge on any atom is 0.322 e. The maximum atomic E-state index is 12.4. The van der Waals surface area contributed by atoms with Gasteiger partial charge in [-0.05, 0) is 31.9 Å². The summed E-state index contributed by atoms with van der Waals surface area (Å²) in [7, 11) is -3.99. The lowest BCUT2D eigenvalue weighted by atomic mass is 10.1. The summed E-state index contributed by atoms with van der Waals surface area (Å²) >= 11 is 0. The molecule has 1 aromatic carbocycles. The lowest BCUT2D eigenvalue weighted by Gasteiger charge is -2.18. The highest BCUT2D eigenvalue weighted by Gasteiger charge is 2.28. The van der Waals surface area contributed by atoms with Crippen LogP contribution in [0.1, 0.15) is 27.7 Å². The second-order valence-corrected chi connectivity index (χ2v) is 6.87. The fraction of sp³-hybridized carbons (Fsp3) is 0.533. The zero-order valence-electron chi connectivity index (χ0n) is 13.7. The first-order valence-corrected chi connectivity index (χ1v) is 8.86. The van der Waals surface area contributed by atoms with Crippen molar-refractivity contribution in [2.75, 3.05) is 13.2 Å². The van der Waals surface area contributed by atoms with Crippen LogP contribution in [-0.2, 0) is 14.8 Å². The second kappa shape index (κ2) is 8.16. The van der Waals surface area contributed by atoms with E-state index in [4.69, 9.17) is 14.6 Å². The fourth-order valence-corrected chi connectivity index (χ4v) is 3.26. The molecule has 0 aliphatic rings. The van der Waals surface area contributed by atoms with Crippen molar-refractivity contribution >= 4 is 16.0 Å². The van der Waals surface area contributed by atoms with Crippen LogP contribution in [0.4, 0.5) is 0 Å². The van der Waals surface area contributed by atoms with E-state index in [1.165, 1.54) is 18.2 Å². The van der Waals surface area contributed by atoms with Gasteiger partial charge in [0.05, 0.1) is 18.1 Å². The predicted molar refractivity (Wildman–Crippen MR) is 85.4 cm³/mol. The summed E-state index contributed by atoms with van der Waals surface area (Å²) in [5.74, 6) is -0.878. The third-order valence-electron chi connectivity index (χ3n) is 3.04. The molecule has 130 valence electrons. The Labute approximate surface area is 136 Å². The van der Waals surface area contributed by atoms with E-state index in [1.54, 1.807) is 20.8 Å². The van der Waals surface area contributed by atoms with E-state index < -0.39 is 28.0 Å². The standard InChI is InChI=1S/C15H23NO6S/c1-5-21-12-8-7-11(9-13(12)22-6-2)23(19,20)16-14(10(3)4)15(17)18/h7-10,14,16H,5-6H2,1-4H3,(H,17,18). The maximum absolute atomic E-state index is 12.4. The number of sulfonamides is 1. The first-order chi connectivity index (χ1) is 10.7. The highest BCUT2D eigenvalue weighted by atomic mass is 32.2. The molecule has 1 atom stereocenters. The molecule has 1 aromatic rings. The lowest BCUT2D eigenvalue weighted by molar-refractivity contribution is -0.140. The zero-order chi connectivity index (χ0) is 17.6. The van der Waals surface area contributed by atoms with Crippen molar-refractivity contribution in [1.82, 2.24) is 4.72 Å². The average molecular weight is 345 g/mol. The molecule has 0 aliphatic carbocycles. The van der Waals surface area contributed by atoms with Crippen molar-refractivity contribution in [2.45, 2.75) is 38.6 Å². The molecule has 1 unspecified atom stereocenters. The van der Waals surface area contributed by atoms with Crippen molar-refractivity contribution < 1.29 is 27.8 Å². The Bertz CT molecular complexity index is 641. The zero-order valence-corrected chi connectivity index (χ0v) is 14.5. The molecule has 0 radical (unpaired) electrons. The van der Waals surface area contributed by atoms with E-state index in [1.807, 2.05) is 6.92 Å². The van der Waals surface area contributed by atoms with Crippen molar-refractivity contribution in [3.8, 4) is 11.5 Å². The van der Waals surface area contributed by atoms with Gasteiger partial charge in [0.25, 0.3) is 0 Å². The minimum atomic E-state index is -3.99. The molecular formula is C15H23NO6S.